The fraction of sp³-hybridized carbons (Fsp3) is 0.500. The number of benzene rings is 1. The highest BCUT2D eigenvalue weighted by atomic mass is 16.5. The first-order chi connectivity index (χ1) is 10.6. The van der Waals surface area contributed by atoms with E-state index in [1.807, 2.05) is 30.3 Å². The number of carboxylic acid groups (broad SMARTS) is 1. The zero-order valence-electron chi connectivity index (χ0n) is 12.6. The van der Waals surface area contributed by atoms with E-state index in [0.29, 0.717) is 6.61 Å². The van der Waals surface area contributed by atoms with Gasteiger partial charge in [-0.2, -0.15) is 0 Å². The Bertz CT molecular complexity index is 501. The molecule has 1 fully saturated rings. The predicted octanol–water partition coefficient (Wildman–Crippen LogP) is 1.55. The van der Waals surface area contributed by atoms with Crippen LogP contribution in [0.5, 0.6) is 5.75 Å². The van der Waals surface area contributed by atoms with Gasteiger partial charge >= 0.3 is 5.97 Å². The molecule has 6 nitrogen and oxygen atoms in total. The van der Waals surface area contributed by atoms with Gasteiger partial charge < -0.3 is 19.5 Å². The molecule has 0 radical (unpaired) electrons. The van der Waals surface area contributed by atoms with Crippen molar-refractivity contribution in [3.8, 4) is 5.75 Å². The lowest BCUT2D eigenvalue weighted by atomic mass is 10.2. The number of rotatable bonds is 9. The smallest absolute Gasteiger partial charge is 0.326 e. The van der Waals surface area contributed by atoms with Gasteiger partial charge in [0.25, 0.3) is 0 Å². The zero-order valence-corrected chi connectivity index (χ0v) is 12.6. The number of carboxylic acids is 1. The highest BCUT2D eigenvalue weighted by Crippen LogP contribution is 2.28. The van der Waals surface area contributed by atoms with E-state index in [4.69, 9.17) is 14.6 Å². The van der Waals surface area contributed by atoms with Gasteiger partial charge in [-0.15, -0.1) is 0 Å². The van der Waals surface area contributed by atoms with Gasteiger partial charge in [-0.05, 0) is 31.9 Å². The summed E-state index contributed by atoms with van der Waals surface area (Å²) in [5.41, 5.74) is 0. The molecule has 0 heterocycles. The molecule has 0 bridgehead atoms. The maximum absolute atomic E-state index is 12.1. The molecule has 1 atom stereocenters. The SMILES string of the molecule is CC(C(=O)O)N(C(=O)COCCOc1ccccc1)C1CC1. The Hall–Kier alpha value is -2.08. The van der Waals surface area contributed by atoms with Crippen LogP contribution in [0, 0.1) is 0 Å². The van der Waals surface area contributed by atoms with E-state index in [0.717, 1.165) is 18.6 Å². The zero-order chi connectivity index (χ0) is 15.9. The van der Waals surface area contributed by atoms with Crippen molar-refractivity contribution in [1.29, 1.82) is 0 Å². The lowest BCUT2D eigenvalue weighted by molar-refractivity contribution is -0.152. The average Bonchev–Trinajstić information content (AvgIpc) is 3.32. The molecule has 0 aromatic heterocycles. The third kappa shape index (κ3) is 4.73. The van der Waals surface area contributed by atoms with E-state index in [1.54, 1.807) is 0 Å². The van der Waals surface area contributed by atoms with Crippen LogP contribution in [0.25, 0.3) is 0 Å². The van der Waals surface area contributed by atoms with Gasteiger partial charge in [-0.25, -0.2) is 4.79 Å². The molecule has 1 aliphatic rings. The van der Waals surface area contributed by atoms with E-state index < -0.39 is 12.0 Å². The van der Waals surface area contributed by atoms with Crippen LogP contribution in [0.3, 0.4) is 0 Å². The Morgan fingerprint density at radius 1 is 1.27 bits per heavy atom. The van der Waals surface area contributed by atoms with Crippen LogP contribution in [0.1, 0.15) is 19.8 Å². The Labute approximate surface area is 129 Å². The number of amides is 1. The third-order valence-electron chi connectivity index (χ3n) is 3.47. The van der Waals surface area contributed by atoms with Gasteiger partial charge in [0.1, 0.15) is 25.0 Å². The minimum absolute atomic E-state index is 0.0442. The summed E-state index contributed by atoms with van der Waals surface area (Å²) < 4.78 is 10.7. The summed E-state index contributed by atoms with van der Waals surface area (Å²) in [6, 6.07) is 8.56. The second kappa shape index (κ2) is 7.79. The van der Waals surface area contributed by atoms with E-state index in [2.05, 4.69) is 0 Å². The molecule has 1 aromatic rings. The Morgan fingerprint density at radius 2 is 1.95 bits per heavy atom. The minimum Gasteiger partial charge on any atom is -0.491 e. The fourth-order valence-electron chi connectivity index (χ4n) is 2.18. The van der Waals surface area contributed by atoms with Crippen molar-refractivity contribution in [3.05, 3.63) is 30.3 Å². The Morgan fingerprint density at radius 3 is 2.55 bits per heavy atom. The predicted molar refractivity (Wildman–Crippen MR) is 79.7 cm³/mol. The number of carbonyl (C=O) groups is 2. The molecule has 1 N–H and O–H groups in total. The number of hydrogen-bond acceptors (Lipinski definition) is 4. The largest absolute Gasteiger partial charge is 0.491 e. The van der Waals surface area contributed by atoms with Gasteiger partial charge in [0, 0.05) is 6.04 Å². The van der Waals surface area contributed by atoms with E-state index >= 15 is 0 Å². The van der Waals surface area contributed by atoms with Crippen molar-refractivity contribution >= 4 is 11.9 Å². The van der Waals surface area contributed by atoms with Gasteiger partial charge in [-0.1, -0.05) is 18.2 Å². The summed E-state index contributed by atoms with van der Waals surface area (Å²) in [6.45, 7) is 2.03. The number of nitrogens with zero attached hydrogens (tertiary/aromatic N) is 1. The molecular weight excluding hydrogens is 286 g/mol. The lowest BCUT2D eigenvalue weighted by Gasteiger charge is -2.26. The quantitative estimate of drug-likeness (QED) is 0.700. The molecule has 2 rings (SSSR count). The number of para-hydroxylation sites is 1. The van der Waals surface area contributed by atoms with Gasteiger partial charge in [0.2, 0.25) is 5.91 Å². The first kappa shape index (κ1) is 16.3. The van der Waals surface area contributed by atoms with Crippen molar-refractivity contribution in [3.63, 3.8) is 0 Å². The summed E-state index contributed by atoms with van der Waals surface area (Å²) >= 11 is 0. The molecule has 120 valence electrons. The van der Waals surface area contributed by atoms with Crippen molar-refractivity contribution in [2.24, 2.45) is 0 Å². The van der Waals surface area contributed by atoms with E-state index in [-0.39, 0.29) is 25.2 Å². The summed E-state index contributed by atoms with van der Waals surface area (Å²) in [7, 11) is 0. The van der Waals surface area contributed by atoms with E-state index in [9.17, 15) is 9.59 Å². The molecule has 1 aliphatic carbocycles. The average molecular weight is 307 g/mol. The second-order valence-electron chi connectivity index (χ2n) is 5.26. The van der Waals surface area contributed by atoms with Crippen molar-refractivity contribution < 1.29 is 24.2 Å². The van der Waals surface area contributed by atoms with Crippen LogP contribution in [0.15, 0.2) is 30.3 Å². The van der Waals surface area contributed by atoms with Crippen LogP contribution >= 0.6 is 0 Å². The molecule has 0 saturated heterocycles. The maximum atomic E-state index is 12.1. The van der Waals surface area contributed by atoms with Crippen LogP contribution in [-0.2, 0) is 14.3 Å². The highest BCUT2D eigenvalue weighted by Gasteiger charge is 2.38. The van der Waals surface area contributed by atoms with Crippen molar-refractivity contribution in [2.45, 2.75) is 31.8 Å². The van der Waals surface area contributed by atoms with Gasteiger partial charge in [0.05, 0.1) is 6.61 Å². The number of aliphatic carboxylic acids is 1. The first-order valence-electron chi connectivity index (χ1n) is 7.39. The number of ether oxygens (including phenoxy) is 2. The molecule has 0 aliphatic heterocycles. The summed E-state index contributed by atoms with van der Waals surface area (Å²) in [5.74, 6) is -0.527. The molecule has 1 amide bonds. The van der Waals surface area contributed by atoms with E-state index in [1.165, 1.54) is 11.8 Å². The first-order valence-corrected chi connectivity index (χ1v) is 7.39. The van der Waals surface area contributed by atoms with Gasteiger partial charge in [0.15, 0.2) is 0 Å². The van der Waals surface area contributed by atoms with Crippen LogP contribution in [0.4, 0.5) is 0 Å². The molecular formula is C16H21NO5. The molecule has 22 heavy (non-hydrogen) atoms. The Kier molecular flexibility index (Phi) is 5.77. The summed E-state index contributed by atoms with van der Waals surface area (Å²) in [6.07, 6.45) is 1.72. The third-order valence-corrected chi connectivity index (χ3v) is 3.47. The minimum atomic E-state index is -0.993. The fourth-order valence-corrected chi connectivity index (χ4v) is 2.18. The normalized spacial score (nSPS) is 15.1. The number of carbonyl (C=O) groups excluding carboxylic acids is 1. The lowest BCUT2D eigenvalue weighted by Crippen LogP contribution is -2.46. The number of hydrogen-bond donors (Lipinski definition) is 1. The van der Waals surface area contributed by atoms with Crippen LogP contribution < -0.4 is 4.74 Å². The summed E-state index contributed by atoms with van der Waals surface area (Å²) in [4.78, 5) is 24.6. The summed E-state index contributed by atoms with van der Waals surface area (Å²) in [5, 5.41) is 9.06. The highest BCUT2D eigenvalue weighted by molar-refractivity contribution is 5.84. The maximum Gasteiger partial charge on any atom is 0.326 e. The molecule has 6 heteroatoms. The van der Waals surface area contributed by atoms with Crippen molar-refractivity contribution in [2.75, 3.05) is 19.8 Å². The topological polar surface area (TPSA) is 76.1 Å². The molecule has 1 unspecified atom stereocenters. The second-order valence-corrected chi connectivity index (χ2v) is 5.26. The molecule has 1 saturated carbocycles. The van der Waals surface area contributed by atoms with Crippen molar-refractivity contribution in [1.82, 2.24) is 4.90 Å². The van der Waals surface area contributed by atoms with Crippen LogP contribution in [0.2, 0.25) is 0 Å². The molecule has 1 aromatic carbocycles. The van der Waals surface area contributed by atoms with Gasteiger partial charge in [-0.3, -0.25) is 4.79 Å². The standard InChI is InChI=1S/C16H21NO5/c1-12(16(19)20)17(13-7-8-13)15(18)11-21-9-10-22-14-5-3-2-4-6-14/h2-6,12-13H,7-11H2,1H3,(H,19,20). The molecule has 0 spiro atoms. The monoisotopic (exact) mass is 307 g/mol. The Balaban J connectivity index is 1.69. The van der Waals surface area contributed by atoms with Crippen LogP contribution in [-0.4, -0.2) is 53.8 Å².